The van der Waals surface area contributed by atoms with E-state index in [2.05, 4.69) is 15.6 Å². The standard InChI is InChI=1S/C22H27N5O2/c23-22(28)15-26-12-8-19-20(26)4-1-5-21(19)29-18-6-10-25(11-7-18)14-16-13-17-3-2-9-27(17)24-16/h1,4-5,8,12-13,18H,2-3,6-7,9-11,14-15H2,(H2,23,28). The number of likely N-dealkylation sites (tertiary alicyclic amines) is 1. The van der Waals surface area contributed by atoms with Crippen LogP contribution in [0.5, 0.6) is 5.75 Å². The van der Waals surface area contributed by atoms with Crippen LogP contribution in [0.2, 0.25) is 0 Å². The van der Waals surface area contributed by atoms with Gasteiger partial charge in [0.2, 0.25) is 5.91 Å². The SMILES string of the molecule is NC(=O)Cn1ccc2c(OC3CCN(Cc4cc5n(n4)CCC5)CC3)cccc21. The van der Waals surface area contributed by atoms with Gasteiger partial charge < -0.3 is 15.0 Å². The maximum absolute atomic E-state index is 11.3. The monoisotopic (exact) mass is 393 g/mol. The Hall–Kier alpha value is -2.80. The van der Waals surface area contributed by atoms with Crippen molar-refractivity contribution in [1.82, 2.24) is 19.2 Å². The van der Waals surface area contributed by atoms with Crippen LogP contribution in [-0.2, 0) is 30.8 Å². The summed E-state index contributed by atoms with van der Waals surface area (Å²) in [5.41, 5.74) is 8.91. The fourth-order valence-electron chi connectivity index (χ4n) is 4.59. The van der Waals surface area contributed by atoms with Crippen LogP contribution in [0.1, 0.15) is 30.7 Å². The van der Waals surface area contributed by atoms with Gasteiger partial charge in [0.1, 0.15) is 18.4 Å². The van der Waals surface area contributed by atoms with Gasteiger partial charge in [-0.1, -0.05) is 6.07 Å². The van der Waals surface area contributed by atoms with E-state index in [1.807, 2.05) is 35.0 Å². The van der Waals surface area contributed by atoms with E-state index < -0.39 is 0 Å². The van der Waals surface area contributed by atoms with E-state index in [1.165, 1.54) is 17.8 Å². The second-order valence-electron chi connectivity index (χ2n) is 8.15. The number of aromatic nitrogens is 3. The van der Waals surface area contributed by atoms with Crippen molar-refractivity contribution in [2.24, 2.45) is 5.73 Å². The van der Waals surface area contributed by atoms with Crippen molar-refractivity contribution in [3.05, 3.63) is 47.9 Å². The lowest BCUT2D eigenvalue weighted by Gasteiger charge is -2.31. The lowest BCUT2D eigenvalue weighted by molar-refractivity contribution is -0.118. The summed E-state index contributed by atoms with van der Waals surface area (Å²) in [6.45, 7) is 4.22. The van der Waals surface area contributed by atoms with Crippen molar-refractivity contribution in [1.29, 1.82) is 0 Å². The molecule has 1 fully saturated rings. The lowest BCUT2D eigenvalue weighted by atomic mass is 10.1. The number of aryl methyl sites for hydroxylation is 2. The first kappa shape index (κ1) is 18.2. The van der Waals surface area contributed by atoms with Crippen molar-refractivity contribution in [2.45, 2.75) is 51.4 Å². The Morgan fingerprint density at radius 1 is 1.21 bits per heavy atom. The minimum absolute atomic E-state index is 0.183. The topological polar surface area (TPSA) is 78.3 Å². The number of nitrogens with two attached hydrogens (primary N) is 1. The fourth-order valence-corrected chi connectivity index (χ4v) is 4.59. The van der Waals surface area contributed by atoms with Gasteiger partial charge in [-0.05, 0) is 49.9 Å². The summed E-state index contributed by atoms with van der Waals surface area (Å²) in [6, 6.07) is 10.3. The van der Waals surface area contributed by atoms with Crippen LogP contribution < -0.4 is 10.5 Å². The summed E-state index contributed by atoms with van der Waals surface area (Å²) in [5.74, 6) is 0.541. The molecule has 2 N–H and O–H groups in total. The van der Waals surface area contributed by atoms with Crippen LogP contribution in [0.15, 0.2) is 36.5 Å². The average molecular weight is 393 g/mol. The highest BCUT2D eigenvalue weighted by molar-refractivity contribution is 5.87. The number of rotatable bonds is 6. The van der Waals surface area contributed by atoms with E-state index in [0.29, 0.717) is 0 Å². The largest absolute Gasteiger partial charge is 0.490 e. The number of carbonyl (C=O) groups is 1. The molecule has 2 aliphatic rings. The molecular formula is C22H27N5O2. The second kappa shape index (κ2) is 7.55. The third kappa shape index (κ3) is 3.74. The molecule has 1 saturated heterocycles. The predicted molar refractivity (Wildman–Crippen MR) is 111 cm³/mol. The zero-order chi connectivity index (χ0) is 19.8. The Labute approximate surface area is 170 Å². The van der Waals surface area contributed by atoms with Crippen LogP contribution in [0.3, 0.4) is 0 Å². The average Bonchev–Trinajstić information content (AvgIpc) is 3.39. The number of piperidine rings is 1. The molecule has 7 heteroatoms. The molecule has 0 radical (unpaired) electrons. The number of ether oxygens (including phenoxy) is 1. The molecule has 2 aliphatic heterocycles. The van der Waals surface area contributed by atoms with Crippen LogP contribution in [-0.4, -0.2) is 44.3 Å². The van der Waals surface area contributed by atoms with Gasteiger partial charge in [0, 0.05) is 43.5 Å². The molecule has 7 nitrogen and oxygen atoms in total. The van der Waals surface area contributed by atoms with Gasteiger partial charge in [-0.15, -0.1) is 0 Å². The summed E-state index contributed by atoms with van der Waals surface area (Å²) in [5, 5.41) is 5.77. The first-order chi connectivity index (χ1) is 14.2. The number of hydrogen-bond acceptors (Lipinski definition) is 4. The highest BCUT2D eigenvalue weighted by Gasteiger charge is 2.23. The third-order valence-electron chi connectivity index (χ3n) is 6.03. The summed E-state index contributed by atoms with van der Waals surface area (Å²) >= 11 is 0. The number of primary amides is 1. The molecule has 0 aliphatic carbocycles. The van der Waals surface area contributed by atoms with Gasteiger partial charge in [0.15, 0.2) is 0 Å². The Kier molecular flexibility index (Phi) is 4.75. The molecule has 1 amide bonds. The van der Waals surface area contributed by atoms with Gasteiger partial charge in [-0.2, -0.15) is 5.10 Å². The Bertz CT molecular complexity index is 1010. The van der Waals surface area contributed by atoms with Gasteiger partial charge in [0.25, 0.3) is 0 Å². The quantitative estimate of drug-likeness (QED) is 0.697. The molecule has 2 aromatic heterocycles. The van der Waals surface area contributed by atoms with Gasteiger partial charge in [-0.3, -0.25) is 14.4 Å². The third-order valence-corrected chi connectivity index (χ3v) is 6.03. The van der Waals surface area contributed by atoms with E-state index >= 15 is 0 Å². The van der Waals surface area contributed by atoms with Gasteiger partial charge in [0.05, 0.1) is 11.2 Å². The Morgan fingerprint density at radius 2 is 2.07 bits per heavy atom. The highest BCUT2D eigenvalue weighted by atomic mass is 16.5. The van der Waals surface area contributed by atoms with E-state index in [1.54, 1.807) is 0 Å². The van der Waals surface area contributed by atoms with Crippen molar-refractivity contribution in [3.63, 3.8) is 0 Å². The first-order valence-electron chi connectivity index (χ1n) is 10.5. The lowest BCUT2D eigenvalue weighted by Crippen LogP contribution is -2.37. The van der Waals surface area contributed by atoms with E-state index in [0.717, 1.165) is 62.1 Å². The molecular weight excluding hydrogens is 366 g/mol. The molecule has 3 aromatic rings. The number of amides is 1. The molecule has 5 rings (SSSR count). The van der Waals surface area contributed by atoms with Gasteiger partial charge in [-0.25, -0.2) is 0 Å². The highest BCUT2D eigenvalue weighted by Crippen LogP contribution is 2.29. The van der Waals surface area contributed by atoms with Crippen LogP contribution >= 0.6 is 0 Å². The van der Waals surface area contributed by atoms with Crippen LogP contribution in [0.4, 0.5) is 0 Å². The van der Waals surface area contributed by atoms with Gasteiger partial charge >= 0.3 is 0 Å². The summed E-state index contributed by atoms with van der Waals surface area (Å²) in [4.78, 5) is 13.7. The molecule has 0 saturated carbocycles. The number of hydrogen-bond donors (Lipinski definition) is 1. The minimum atomic E-state index is -0.343. The number of benzene rings is 1. The van der Waals surface area contributed by atoms with E-state index in [-0.39, 0.29) is 18.6 Å². The second-order valence-corrected chi connectivity index (χ2v) is 8.15. The molecule has 0 spiro atoms. The molecule has 1 aromatic carbocycles. The van der Waals surface area contributed by atoms with Crippen LogP contribution in [0.25, 0.3) is 10.9 Å². The first-order valence-corrected chi connectivity index (χ1v) is 10.5. The summed E-state index contributed by atoms with van der Waals surface area (Å²) < 4.78 is 10.4. The minimum Gasteiger partial charge on any atom is -0.490 e. The van der Waals surface area contributed by atoms with Crippen LogP contribution in [0, 0.1) is 0 Å². The molecule has 0 unspecified atom stereocenters. The molecule has 0 atom stereocenters. The summed E-state index contributed by atoms with van der Waals surface area (Å²) in [7, 11) is 0. The normalized spacial score (nSPS) is 17.7. The number of carbonyl (C=O) groups excluding carboxylic acids is 1. The Morgan fingerprint density at radius 3 is 2.86 bits per heavy atom. The Balaban J connectivity index is 1.20. The smallest absolute Gasteiger partial charge is 0.237 e. The summed E-state index contributed by atoms with van der Waals surface area (Å²) in [6.07, 6.45) is 6.51. The van der Waals surface area contributed by atoms with Crippen molar-refractivity contribution in [2.75, 3.05) is 13.1 Å². The maximum Gasteiger partial charge on any atom is 0.237 e. The number of fused-ring (bicyclic) bond motifs is 2. The zero-order valence-corrected chi connectivity index (χ0v) is 16.6. The van der Waals surface area contributed by atoms with E-state index in [9.17, 15) is 4.79 Å². The molecule has 29 heavy (non-hydrogen) atoms. The van der Waals surface area contributed by atoms with E-state index in [4.69, 9.17) is 15.6 Å². The van der Waals surface area contributed by atoms with Crippen molar-refractivity contribution in [3.8, 4) is 5.75 Å². The predicted octanol–water partition coefficient (Wildman–Crippen LogP) is 2.31. The molecule has 4 heterocycles. The molecule has 152 valence electrons. The maximum atomic E-state index is 11.3. The zero-order valence-electron chi connectivity index (χ0n) is 16.6. The fraction of sp³-hybridized carbons (Fsp3) is 0.455. The van der Waals surface area contributed by atoms with Crippen molar-refractivity contribution >= 4 is 16.8 Å². The van der Waals surface area contributed by atoms with Crippen molar-refractivity contribution < 1.29 is 9.53 Å². The molecule has 0 bridgehead atoms. The number of nitrogens with zero attached hydrogens (tertiary/aromatic N) is 4.